The van der Waals surface area contributed by atoms with Gasteiger partial charge in [-0.25, -0.2) is 8.42 Å². The number of nitrogens with one attached hydrogen (secondary N) is 1. The van der Waals surface area contributed by atoms with E-state index in [1.165, 1.54) is 11.5 Å². The molecule has 12 heavy (non-hydrogen) atoms. The molecule has 0 saturated carbocycles. The molecule has 0 fully saturated rings. The third-order valence-electron chi connectivity index (χ3n) is 1.27. The van der Waals surface area contributed by atoms with Crippen LogP contribution >= 0.6 is 11.5 Å². The lowest BCUT2D eigenvalue weighted by Crippen LogP contribution is -2.03. The fourth-order valence-electron chi connectivity index (χ4n) is 0.726. The Labute approximate surface area is 75.7 Å². The van der Waals surface area contributed by atoms with E-state index in [9.17, 15) is 8.42 Å². The van der Waals surface area contributed by atoms with Crippen LogP contribution in [0.3, 0.4) is 0 Å². The lowest BCUT2D eigenvalue weighted by Gasteiger charge is -1.89. The number of hydrogen-bond donors (Lipinski definition) is 1. The Bertz CT molecular complexity index is 355. The molecular formula is C6H10N2O2S2. The van der Waals surface area contributed by atoms with Crippen LogP contribution in [-0.4, -0.2) is 26.1 Å². The summed E-state index contributed by atoms with van der Waals surface area (Å²) in [6, 6.07) is 1.59. The average molecular weight is 206 g/mol. The monoisotopic (exact) mass is 206 g/mol. The minimum Gasteiger partial charge on any atom is -0.315 e. The molecule has 0 aliphatic rings. The largest absolute Gasteiger partial charge is 0.315 e. The second kappa shape index (κ2) is 3.51. The molecule has 4 nitrogen and oxygen atoms in total. The van der Waals surface area contributed by atoms with Crippen molar-refractivity contribution in [2.45, 2.75) is 11.6 Å². The first-order chi connectivity index (χ1) is 5.54. The summed E-state index contributed by atoms with van der Waals surface area (Å²) in [5.41, 5.74) is 0. The molecule has 1 N–H and O–H groups in total. The van der Waals surface area contributed by atoms with Crippen molar-refractivity contribution in [3.8, 4) is 0 Å². The minimum atomic E-state index is -3.13. The zero-order valence-electron chi connectivity index (χ0n) is 6.86. The molecule has 1 heterocycles. The first kappa shape index (κ1) is 9.63. The van der Waals surface area contributed by atoms with E-state index in [4.69, 9.17) is 0 Å². The van der Waals surface area contributed by atoms with Crippen molar-refractivity contribution in [3.63, 3.8) is 0 Å². The van der Waals surface area contributed by atoms with Gasteiger partial charge in [0.15, 0.2) is 14.9 Å². The SMILES string of the molecule is CNCc1cc(S(C)(=O)=O)ns1. The smallest absolute Gasteiger partial charge is 0.193 e. The summed E-state index contributed by atoms with van der Waals surface area (Å²) < 4.78 is 25.8. The fourth-order valence-corrected chi connectivity index (χ4v) is 2.44. The average Bonchev–Trinajstić information content (AvgIpc) is 2.35. The third-order valence-corrected chi connectivity index (χ3v) is 3.14. The normalized spacial score (nSPS) is 11.8. The van der Waals surface area contributed by atoms with Gasteiger partial charge in [-0.2, -0.15) is 4.37 Å². The second-order valence-electron chi connectivity index (χ2n) is 2.43. The van der Waals surface area contributed by atoms with Gasteiger partial charge in [-0.05, 0) is 24.6 Å². The van der Waals surface area contributed by atoms with Crippen molar-refractivity contribution in [2.24, 2.45) is 0 Å². The maximum atomic E-state index is 11.0. The van der Waals surface area contributed by atoms with Gasteiger partial charge in [0.05, 0.1) is 0 Å². The number of rotatable bonds is 3. The number of hydrogen-bond acceptors (Lipinski definition) is 5. The van der Waals surface area contributed by atoms with Crippen LogP contribution in [0, 0.1) is 0 Å². The summed E-state index contributed by atoms with van der Waals surface area (Å²) in [6.45, 7) is 0.660. The van der Waals surface area contributed by atoms with Crippen molar-refractivity contribution in [1.82, 2.24) is 9.69 Å². The third kappa shape index (κ3) is 2.26. The highest BCUT2D eigenvalue weighted by Crippen LogP contribution is 2.13. The Kier molecular flexibility index (Phi) is 2.81. The summed E-state index contributed by atoms with van der Waals surface area (Å²) in [5, 5.41) is 3.09. The second-order valence-corrected chi connectivity index (χ2v) is 5.29. The van der Waals surface area contributed by atoms with E-state index in [1.807, 2.05) is 0 Å². The molecule has 0 radical (unpaired) electrons. The van der Waals surface area contributed by atoms with Gasteiger partial charge in [0, 0.05) is 17.7 Å². The first-order valence-electron chi connectivity index (χ1n) is 3.34. The van der Waals surface area contributed by atoms with Crippen LogP contribution in [-0.2, 0) is 16.4 Å². The highest BCUT2D eigenvalue weighted by molar-refractivity contribution is 7.90. The van der Waals surface area contributed by atoms with E-state index < -0.39 is 9.84 Å². The zero-order chi connectivity index (χ0) is 9.19. The molecule has 0 spiro atoms. The Morgan fingerprint density at radius 3 is 2.75 bits per heavy atom. The predicted molar refractivity (Wildman–Crippen MR) is 48.0 cm³/mol. The molecule has 0 amide bonds. The van der Waals surface area contributed by atoms with Gasteiger partial charge < -0.3 is 5.32 Å². The van der Waals surface area contributed by atoms with Crippen molar-refractivity contribution in [3.05, 3.63) is 10.9 Å². The molecule has 0 aliphatic carbocycles. The van der Waals surface area contributed by atoms with E-state index in [2.05, 4.69) is 9.69 Å². The van der Waals surface area contributed by atoms with Crippen molar-refractivity contribution in [1.29, 1.82) is 0 Å². The van der Waals surface area contributed by atoms with Crippen molar-refractivity contribution >= 4 is 21.4 Å². The summed E-state index contributed by atoms with van der Waals surface area (Å²) in [7, 11) is -1.32. The Balaban J connectivity index is 2.92. The lowest BCUT2D eigenvalue weighted by atomic mass is 10.5. The molecule has 1 aromatic heterocycles. The molecule has 1 aromatic rings. The van der Waals surface area contributed by atoms with E-state index in [1.54, 1.807) is 13.1 Å². The predicted octanol–water partition coefficient (Wildman–Crippen LogP) is 0.266. The maximum Gasteiger partial charge on any atom is 0.193 e. The summed E-state index contributed by atoms with van der Waals surface area (Å²) in [4.78, 5) is 0.929. The minimum absolute atomic E-state index is 0.165. The van der Waals surface area contributed by atoms with Gasteiger partial charge >= 0.3 is 0 Å². The Morgan fingerprint density at radius 2 is 2.33 bits per heavy atom. The highest BCUT2D eigenvalue weighted by Gasteiger charge is 2.11. The van der Waals surface area contributed by atoms with E-state index >= 15 is 0 Å². The zero-order valence-corrected chi connectivity index (χ0v) is 8.50. The molecule has 0 unspecified atom stereocenters. The molecule has 0 aliphatic heterocycles. The van der Waals surface area contributed by atoms with Gasteiger partial charge in [0.1, 0.15) is 0 Å². The first-order valence-corrected chi connectivity index (χ1v) is 6.01. The van der Waals surface area contributed by atoms with Gasteiger partial charge in [-0.3, -0.25) is 0 Å². The Hall–Kier alpha value is -0.460. The van der Waals surface area contributed by atoms with E-state index in [0.29, 0.717) is 6.54 Å². The lowest BCUT2D eigenvalue weighted by molar-refractivity contribution is 0.599. The van der Waals surface area contributed by atoms with Gasteiger partial charge in [-0.15, -0.1) is 0 Å². The molecule has 1 rings (SSSR count). The molecule has 0 atom stereocenters. The molecular weight excluding hydrogens is 196 g/mol. The molecule has 0 bridgehead atoms. The van der Waals surface area contributed by atoms with Gasteiger partial charge in [-0.1, -0.05) is 0 Å². The van der Waals surface area contributed by atoms with Crippen LogP contribution in [0.5, 0.6) is 0 Å². The molecule has 68 valence electrons. The Morgan fingerprint density at radius 1 is 1.67 bits per heavy atom. The highest BCUT2D eigenvalue weighted by atomic mass is 32.2. The topological polar surface area (TPSA) is 59.1 Å². The van der Waals surface area contributed by atoms with Crippen LogP contribution in [0.4, 0.5) is 0 Å². The van der Waals surface area contributed by atoms with Crippen LogP contribution in [0.1, 0.15) is 4.88 Å². The summed E-state index contributed by atoms with van der Waals surface area (Å²) in [6.07, 6.45) is 1.16. The number of nitrogens with zero attached hydrogens (tertiary/aromatic N) is 1. The van der Waals surface area contributed by atoms with E-state index in [0.717, 1.165) is 11.1 Å². The number of sulfone groups is 1. The van der Waals surface area contributed by atoms with Crippen molar-refractivity contribution < 1.29 is 8.42 Å². The van der Waals surface area contributed by atoms with Crippen LogP contribution in [0.25, 0.3) is 0 Å². The summed E-state index contributed by atoms with van der Waals surface area (Å²) >= 11 is 1.21. The fraction of sp³-hybridized carbons (Fsp3) is 0.500. The van der Waals surface area contributed by atoms with E-state index in [-0.39, 0.29) is 5.03 Å². The maximum absolute atomic E-state index is 11.0. The standard InChI is InChI=1S/C6H10N2O2S2/c1-7-4-5-3-6(8-11-5)12(2,9)10/h3,7H,4H2,1-2H3. The van der Waals surface area contributed by atoms with Crippen molar-refractivity contribution in [2.75, 3.05) is 13.3 Å². The molecule has 0 aromatic carbocycles. The van der Waals surface area contributed by atoms with Crippen LogP contribution in [0.15, 0.2) is 11.1 Å². The quantitative estimate of drug-likeness (QED) is 0.771. The molecule has 0 saturated heterocycles. The number of aromatic nitrogens is 1. The van der Waals surface area contributed by atoms with Crippen LogP contribution in [0.2, 0.25) is 0 Å². The van der Waals surface area contributed by atoms with Gasteiger partial charge in [0.25, 0.3) is 0 Å². The molecule has 6 heteroatoms. The van der Waals surface area contributed by atoms with Crippen LogP contribution < -0.4 is 5.32 Å². The van der Waals surface area contributed by atoms with Gasteiger partial charge in [0.2, 0.25) is 0 Å². The summed E-state index contributed by atoms with van der Waals surface area (Å²) in [5.74, 6) is 0.